The van der Waals surface area contributed by atoms with Gasteiger partial charge in [0.05, 0.1) is 19.8 Å². The molecule has 78 valence electrons. The average Bonchev–Trinajstić information content (AvgIpc) is 2.04. The molecule has 0 aromatic heterocycles. The molecule has 1 aliphatic heterocycles. The summed E-state index contributed by atoms with van der Waals surface area (Å²) in [6, 6.07) is 0. The zero-order valence-electron chi connectivity index (χ0n) is 6.40. The maximum Gasteiger partial charge on any atom is 0.456 e. The van der Waals surface area contributed by atoms with Crippen LogP contribution in [0, 0.1) is 0 Å². The van der Waals surface area contributed by atoms with Gasteiger partial charge >= 0.3 is 12.1 Å². The smallest absolute Gasteiger partial charge is 0.376 e. The molecule has 0 aromatic rings. The average molecular weight is 206 g/mol. The lowest BCUT2D eigenvalue weighted by Crippen LogP contribution is -2.52. The van der Waals surface area contributed by atoms with Crippen LogP contribution in [0.3, 0.4) is 0 Å². The van der Waals surface area contributed by atoms with Gasteiger partial charge in [-0.15, -0.1) is 0 Å². The van der Waals surface area contributed by atoms with E-state index >= 15 is 0 Å². The summed E-state index contributed by atoms with van der Waals surface area (Å²) in [5, 5.41) is 0. The quantitative estimate of drug-likeness (QED) is 0.606. The first kappa shape index (κ1) is 10.6. The van der Waals surface area contributed by atoms with Gasteiger partial charge in [-0.25, -0.2) is 0 Å². The summed E-state index contributed by atoms with van der Waals surface area (Å²) < 4.78 is 68.9. The van der Waals surface area contributed by atoms with Gasteiger partial charge in [-0.3, -0.25) is 0 Å². The normalized spacial score (nSPS) is 26.1. The van der Waals surface area contributed by atoms with Crippen LogP contribution in [0.4, 0.5) is 22.0 Å². The Balaban J connectivity index is 2.67. The largest absolute Gasteiger partial charge is 0.456 e. The van der Waals surface area contributed by atoms with E-state index in [0.717, 1.165) is 0 Å². The Morgan fingerprint density at radius 2 is 1.62 bits per heavy atom. The third kappa shape index (κ3) is 2.08. The Morgan fingerprint density at radius 1 is 1.00 bits per heavy atom. The highest BCUT2D eigenvalue weighted by Gasteiger charge is 2.63. The number of hydrogen-bond acceptors (Lipinski definition) is 2. The number of rotatable bonds is 1. The summed E-state index contributed by atoms with van der Waals surface area (Å²) in [5.74, 6) is -4.84. The SMILES string of the molecule is FC(F)(F)C(F)(F)C1COCCO1. The van der Waals surface area contributed by atoms with Crippen molar-refractivity contribution in [3.63, 3.8) is 0 Å². The van der Waals surface area contributed by atoms with Crippen LogP contribution in [-0.4, -0.2) is 38.0 Å². The standard InChI is InChI=1S/C6H7F5O2/c7-5(8,6(9,10)11)4-3-12-1-2-13-4/h4H,1-3H2. The molecule has 0 spiro atoms. The van der Waals surface area contributed by atoms with Gasteiger partial charge in [0.1, 0.15) is 0 Å². The summed E-state index contributed by atoms with van der Waals surface area (Å²) in [7, 11) is 0. The molecule has 1 fully saturated rings. The molecule has 0 N–H and O–H groups in total. The molecule has 0 bridgehead atoms. The molecule has 0 aromatic carbocycles. The van der Waals surface area contributed by atoms with E-state index in [2.05, 4.69) is 9.47 Å². The fourth-order valence-electron chi connectivity index (χ4n) is 0.880. The molecular weight excluding hydrogens is 199 g/mol. The van der Waals surface area contributed by atoms with Crippen LogP contribution in [0.15, 0.2) is 0 Å². The van der Waals surface area contributed by atoms with Crippen molar-refractivity contribution in [1.29, 1.82) is 0 Å². The molecule has 1 rings (SSSR count). The van der Waals surface area contributed by atoms with Crippen LogP contribution < -0.4 is 0 Å². The lowest BCUT2D eigenvalue weighted by molar-refractivity contribution is -0.331. The lowest BCUT2D eigenvalue weighted by atomic mass is 10.2. The van der Waals surface area contributed by atoms with Gasteiger partial charge < -0.3 is 9.47 Å². The van der Waals surface area contributed by atoms with Crippen molar-refractivity contribution >= 4 is 0 Å². The van der Waals surface area contributed by atoms with E-state index in [1.165, 1.54) is 0 Å². The van der Waals surface area contributed by atoms with Crippen molar-refractivity contribution in [3.05, 3.63) is 0 Å². The minimum absolute atomic E-state index is 0.0461. The maximum atomic E-state index is 12.5. The zero-order valence-corrected chi connectivity index (χ0v) is 6.40. The second-order valence-corrected chi connectivity index (χ2v) is 2.56. The van der Waals surface area contributed by atoms with Crippen LogP contribution >= 0.6 is 0 Å². The number of hydrogen-bond donors (Lipinski definition) is 0. The Bertz CT molecular complexity index is 172. The first-order valence-corrected chi connectivity index (χ1v) is 3.49. The fraction of sp³-hybridized carbons (Fsp3) is 1.00. The molecule has 1 atom stereocenters. The van der Waals surface area contributed by atoms with Crippen LogP contribution in [0.2, 0.25) is 0 Å². The van der Waals surface area contributed by atoms with E-state index in [-0.39, 0.29) is 13.2 Å². The molecule has 0 radical (unpaired) electrons. The molecule has 13 heavy (non-hydrogen) atoms. The van der Waals surface area contributed by atoms with Gasteiger partial charge in [-0.05, 0) is 0 Å². The van der Waals surface area contributed by atoms with Gasteiger partial charge in [0.15, 0.2) is 6.10 Å². The van der Waals surface area contributed by atoms with E-state index in [9.17, 15) is 22.0 Å². The predicted octanol–water partition coefficient (Wildman–Crippen LogP) is 1.60. The fourth-order valence-corrected chi connectivity index (χ4v) is 0.880. The van der Waals surface area contributed by atoms with Crippen LogP contribution in [-0.2, 0) is 9.47 Å². The monoisotopic (exact) mass is 206 g/mol. The lowest BCUT2D eigenvalue weighted by Gasteiger charge is -2.31. The summed E-state index contributed by atoms with van der Waals surface area (Å²) in [6.07, 6.45) is -7.81. The molecule has 1 aliphatic rings. The molecular formula is C6H7F5O2. The Labute approximate surface area is 70.6 Å². The van der Waals surface area contributed by atoms with E-state index in [1.807, 2.05) is 0 Å². The van der Waals surface area contributed by atoms with Crippen molar-refractivity contribution < 1.29 is 31.4 Å². The highest BCUT2D eigenvalue weighted by molar-refractivity contribution is 4.86. The van der Waals surface area contributed by atoms with Crippen molar-refractivity contribution in [3.8, 4) is 0 Å². The molecule has 7 heteroatoms. The van der Waals surface area contributed by atoms with Gasteiger partial charge in [0, 0.05) is 0 Å². The molecule has 1 saturated heterocycles. The van der Waals surface area contributed by atoms with Crippen LogP contribution in [0.25, 0.3) is 0 Å². The Kier molecular flexibility index (Phi) is 2.76. The summed E-state index contributed by atoms with van der Waals surface area (Å²) in [6.45, 7) is -0.923. The number of ether oxygens (including phenoxy) is 2. The van der Waals surface area contributed by atoms with Gasteiger partial charge in [-0.2, -0.15) is 22.0 Å². The molecule has 1 heterocycles. The van der Waals surface area contributed by atoms with E-state index in [1.54, 1.807) is 0 Å². The van der Waals surface area contributed by atoms with Crippen molar-refractivity contribution in [2.75, 3.05) is 19.8 Å². The van der Waals surface area contributed by atoms with Crippen molar-refractivity contribution in [2.45, 2.75) is 18.2 Å². The molecule has 2 nitrogen and oxygen atoms in total. The third-order valence-electron chi connectivity index (χ3n) is 1.60. The van der Waals surface area contributed by atoms with Gasteiger partial charge in [0.2, 0.25) is 0 Å². The van der Waals surface area contributed by atoms with Crippen molar-refractivity contribution in [1.82, 2.24) is 0 Å². The second kappa shape index (κ2) is 3.38. The highest BCUT2D eigenvalue weighted by Crippen LogP contribution is 2.39. The highest BCUT2D eigenvalue weighted by atomic mass is 19.4. The first-order chi connectivity index (χ1) is 5.86. The minimum atomic E-state index is -5.58. The van der Waals surface area contributed by atoms with Gasteiger partial charge in [-0.1, -0.05) is 0 Å². The van der Waals surface area contributed by atoms with Crippen molar-refractivity contribution in [2.24, 2.45) is 0 Å². The predicted molar refractivity (Wildman–Crippen MR) is 31.6 cm³/mol. The molecule has 0 amide bonds. The summed E-state index contributed by atoms with van der Waals surface area (Å²) >= 11 is 0. The first-order valence-electron chi connectivity index (χ1n) is 3.49. The van der Waals surface area contributed by atoms with E-state index in [4.69, 9.17) is 0 Å². The number of alkyl halides is 5. The minimum Gasteiger partial charge on any atom is -0.376 e. The topological polar surface area (TPSA) is 18.5 Å². The Morgan fingerprint density at radius 3 is 2.00 bits per heavy atom. The van der Waals surface area contributed by atoms with E-state index < -0.39 is 24.8 Å². The van der Waals surface area contributed by atoms with Crippen LogP contribution in [0.1, 0.15) is 0 Å². The third-order valence-corrected chi connectivity index (χ3v) is 1.60. The number of halogens is 5. The second-order valence-electron chi connectivity index (χ2n) is 2.56. The zero-order chi connectivity index (χ0) is 10.1. The summed E-state index contributed by atoms with van der Waals surface area (Å²) in [4.78, 5) is 0. The van der Waals surface area contributed by atoms with Gasteiger partial charge in [0.25, 0.3) is 0 Å². The molecule has 0 aliphatic carbocycles. The van der Waals surface area contributed by atoms with Crippen LogP contribution in [0.5, 0.6) is 0 Å². The summed E-state index contributed by atoms with van der Waals surface area (Å²) in [5.41, 5.74) is 0. The maximum absolute atomic E-state index is 12.5. The van der Waals surface area contributed by atoms with E-state index in [0.29, 0.717) is 0 Å². The Hall–Kier alpha value is -0.430. The molecule has 1 unspecified atom stereocenters. The molecule has 0 saturated carbocycles.